The maximum absolute atomic E-state index is 12.7. The lowest BCUT2D eigenvalue weighted by atomic mass is 10.0. The number of ketones is 1. The van der Waals surface area contributed by atoms with Crippen molar-refractivity contribution in [1.82, 2.24) is 15.2 Å². The van der Waals surface area contributed by atoms with Gasteiger partial charge in [-0.05, 0) is 17.7 Å². The van der Waals surface area contributed by atoms with Gasteiger partial charge in [0, 0.05) is 5.69 Å². The van der Waals surface area contributed by atoms with Crippen LogP contribution in [0.25, 0.3) is 0 Å². The van der Waals surface area contributed by atoms with E-state index in [4.69, 9.17) is 5.73 Å². The minimum Gasteiger partial charge on any atom is -0.371 e. The number of nitrogens with two attached hydrogens (primary N) is 1. The summed E-state index contributed by atoms with van der Waals surface area (Å²) in [6.45, 7) is 0. The highest BCUT2D eigenvalue weighted by atomic mass is 16.1. The van der Waals surface area contributed by atoms with Gasteiger partial charge in [-0.1, -0.05) is 48.5 Å². The summed E-state index contributed by atoms with van der Waals surface area (Å²) in [4.78, 5) is 16.6. The molecule has 6 heteroatoms. The number of anilines is 2. The van der Waals surface area contributed by atoms with Crippen LogP contribution in [0.2, 0.25) is 0 Å². The average molecular weight is 293 g/mol. The van der Waals surface area contributed by atoms with E-state index in [2.05, 4.69) is 20.5 Å². The van der Waals surface area contributed by atoms with Crippen LogP contribution in [0.3, 0.4) is 0 Å². The molecule has 2 aromatic carbocycles. The normalized spacial score (nSPS) is 11.8. The molecule has 0 aliphatic carbocycles. The Morgan fingerprint density at radius 2 is 1.68 bits per heavy atom. The van der Waals surface area contributed by atoms with Gasteiger partial charge in [0.05, 0.1) is 0 Å². The number of hydrogen-bond acceptors (Lipinski definition) is 5. The van der Waals surface area contributed by atoms with Crippen LogP contribution < -0.4 is 11.1 Å². The molecule has 0 spiro atoms. The van der Waals surface area contributed by atoms with Crippen molar-refractivity contribution in [2.24, 2.45) is 0 Å². The Hall–Kier alpha value is -3.15. The number of nitrogen functional groups attached to an aromatic ring is 1. The number of para-hydroxylation sites is 1. The zero-order chi connectivity index (χ0) is 15.4. The van der Waals surface area contributed by atoms with Crippen LogP contribution in [-0.2, 0) is 0 Å². The van der Waals surface area contributed by atoms with Crippen LogP contribution >= 0.6 is 0 Å². The molecule has 0 saturated heterocycles. The minimum atomic E-state index is -0.573. The first-order valence-electron chi connectivity index (χ1n) is 6.82. The zero-order valence-electron chi connectivity index (χ0n) is 11.7. The molecule has 3 rings (SSSR count). The molecule has 0 fully saturated rings. The third kappa shape index (κ3) is 2.95. The van der Waals surface area contributed by atoms with E-state index < -0.39 is 6.04 Å². The van der Waals surface area contributed by atoms with E-state index in [-0.39, 0.29) is 17.6 Å². The number of nitrogens with zero attached hydrogens (tertiary/aromatic N) is 2. The topological polar surface area (TPSA) is 96.7 Å². The van der Waals surface area contributed by atoms with Crippen LogP contribution in [0.15, 0.2) is 60.7 Å². The molecule has 0 aliphatic heterocycles. The average Bonchev–Trinajstić information content (AvgIpc) is 3.00. The smallest absolute Gasteiger partial charge is 0.239 e. The van der Waals surface area contributed by atoms with Crippen molar-refractivity contribution in [1.29, 1.82) is 0 Å². The van der Waals surface area contributed by atoms with Crippen molar-refractivity contribution in [3.8, 4) is 0 Å². The Morgan fingerprint density at radius 3 is 2.27 bits per heavy atom. The lowest BCUT2D eigenvalue weighted by Crippen LogP contribution is -2.22. The Labute approximate surface area is 127 Å². The highest BCUT2D eigenvalue weighted by molar-refractivity contribution is 5.99. The largest absolute Gasteiger partial charge is 0.371 e. The number of H-pyrrole nitrogens is 1. The molecule has 0 aliphatic rings. The second kappa shape index (κ2) is 6.09. The maximum Gasteiger partial charge on any atom is 0.239 e. The van der Waals surface area contributed by atoms with Crippen molar-refractivity contribution in [3.63, 3.8) is 0 Å². The Balaban J connectivity index is 1.94. The molecule has 1 atom stereocenters. The van der Waals surface area contributed by atoms with Crippen LogP contribution in [0.4, 0.5) is 11.6 Å². The van der Waals surface area contributed by atoms with Gasteiger partial charge >= 0.3 is 0 Å². The van der Waals surface area contributed by atoms with Gasteiger partial charge in [0.1, 0.15) is 6.04 Å². The zero-order valence-corrected chi connectivity index (χ0v) is 11.7. The molecule has 0 saturated carbocycles. The van der Waals surface area contributed by atoms with Gasteiger partial charge in [0.25, 0.3) is 0 Å². The summed E-state index contributed by atoms with van der Waals surface area (Å²) in [5.41, 5.74) is 7.17. The lowest BCUT2D eigenvalue weighted by molar-refractivity contribution is 0.0960. The molecular formula is C16H15N5O. The predicted molar refractivity (Wildman–Crippen MR) is 84.4 cm³/mol. The fraction of sp³-hybridized carbons (Fsp3) is 0.0625. The number of hydrogen-bond donors (Lipinski definition) is 3. The van der Waals surface area contributed by atoms with Gasteiger partial charge in [-0.25, -0.2) is 0 Å². The number of rotatable bonds is 5. The summed E-state index contributed by atoms with van der Waals surface area (Å²) in [5, 5.41) is 9.50. The first-order chi connectivity index (χ1) is 10.7. The van der Waals surface area contributed by atoms with Crippen molar-refractivity contribution in [2.75, 3.05) is 11.1 Å². The maximum atomic E-state index is 12.7. The first kappa shape index (κ1) is 13.8. The van der Waals surface area contributed by atoms with E-state index in [0.29, 0.717) is 0 Å². The van der Waals surface area contributed by atoms with Crippen molar-refractivity contribution in [3.05, 3.63) is 72.1 Å². The molecular weight excluding hydrogens is 278 g/mol. The van der Waals surface area contributed by atoms with Crippen molar-refractivity contribution in [2.45, 2.75) is 6.04 Å². The fourth-order valence-corrected chi connectivity index (χ4v) is 2.17. The van der Waals surface area contributed by atoms with Crippen LogP contribution in [0, 0.1) is 0 Å². The Morgan fingerprint density at radius 1 is 1.05 bits per heavy atom. The molecule has 1 unspecified atom stereocenters. The summed E-state index contributed by atoms with van der Waals surface area (Å²) in [7, 11) is 0. The molecule has 0 radical (unpaired) electrons. The van der Waals surface area contributed by atoms with Crippen LogP contribution in [0.1, 0.15) is 22.2 Å². The van der Waals surface area contributed by atoms with E-state index in [9.17, 15) is 4.79 Å². The standard InChI is InChI=1S/C16H15N5O/c17-16-19-15(20-21-16)14(22)13(11-7-3-1-4-8-11)18-12-9-5-2-6-10-12/h1-10,13,18H,(H3,17,19,20,21). The van der Waals surface area contributed by atoms with E-state index in [1.807, 2.05) is 60.7 Å². The number of aromatic amines is 1. The molecule has 1 aromatic heterocycles. The fourth-order valence-electron chi connectivity index (χ4n) is 2.17. The highest BCUT2D eigenvalue weighted by Crippen LogP contribution is 2.22. The van der Waals surface area contributed by atoms with Crippen LogP contribution in [0.5, 0.6) is 0 Å². The predicted octanol–water partition coefficient (Wildman–Crippen LogP) is 2.42. The summed E-state index contributed by atoms with van der Waals surface area (Å²) < 4.78 is 0. The third-order valence-electron chi connectivity index (χ3n) is 3.22. The second-order valence-electron chi connectivity index (χ2n) is 4.76. The Bertz CT molecular complexity index is 754. The SMILES string of the molecule is Nc1n[nH]c(C(=O)C(Nc2ccccc2)c2ccccc2)n1. The van der Waals surface area contributed by atoms with E-state index in [0.717, 1.165) is 11.3 Å². The molecule has 110 valence electrons. The number of carbonyl (C=O) groups excluding carboxylic acids is 1. The lowest BCUT2D eigenvalue weighted by Gasteiger charge is -2.18. The molecule has 0 amide bonds. The van der Waals surface area contributed by atoms with Gasteiger partial charge < -0.3 is 11.1 Å². The third-order valence-corrected chi connectivity index (χ3v) is 3.22. The number of benzene rings is 2. The molecule has 1 heterocycles. The second-order valence-corrected chi connectivity index (χ2v) is 4.76. The van der Waals surface area contributed by atoms with E-state index in [1.165, 1.54) is 0 Å². The number of aromatic nitrogens is 3. The van der Waals surface area contributed by atoms with Crippen LogP contribution in [-0.4, -0.2) is 21.0 Å². The minimum absolute atomic E-state index is 0.0508. The quantitative estimate of drug-likeness (QED) is 0.628. The first-order valence-corrected chi connectivity index (χ1v) is 6.82. The van der Waals surface area contributed by atoms with Gasteiger partial charge in [-0.15, -0.1) is 5.10 Å². The highest BCUT2D eigenvalue weighted by Gasteiger charge is 2.24. The molecule has 4 N–H and O–H groups in total. The van der Waals surface area contributed by atoms with E-state index >= 15 is 0 Å². The van der Waals surface area contributed by atoms with E-state index in [1.54, 1.807) is 0 Å². The van der Waals surface area contributed by atoms with Gasteiger partial charge in [0.15, 0.2) is 5.82 Å². The number of carbonyl (C=O) groups is 1. The summed E-state index contributed by atoms with van der Waals surface area (Å²) in [5.74, 6) is -0.0380. The number of Topliss-reactive ketones (excluding diaryl/α,β-unsaturated/α-hetero) is 1. The summed E-state index contributed by atoms with van der Waals surface area (Å²) in [6, 6.07) is 18.4. The number of nitrogens with one attached hydrogen (secondary N) is 2. The molecule has 22 heavy (non-hydrogen) atoms. The molecule has 3 aromatic rings. The molecule has 0 bridgehead atoms. The van der Waals surface area contributed by atoms with Gasteiger partial charge in [0.2, 0.25) is 11.7 Å². The van der Waals surface area contributed by atoms with Gasteiger partial charge in [-0.2, -0.15) is 4.98 Å². The Kier molecular flexibility index (Phi) is 3.82. The summed E-state index contributed by atoms with van der Waals surface area (Å²) in [6.07, 6.45) is 0. The van der Waals surface area contributed by atoms with Gasteiger partial charge in [-0.3, -0.25) is 9.89 Å². The van der Waals surface area contributed by atoms with Crippen molar-refractivity contribution < 1.29 is 4.79 Å². The molecule has 6 nitrogen and oxygen atoms in total. The summed E-state index contributed by atoms with van der Waals surface area (Å²) >= 11 is 0. The monoisotopic (exact) mass is 293 g/mol. The van der Waals surface area contributed by atoms with Crippen molar-refractivity contribution >= 4 is 17.4 Å².